The molecule has 2 heterocycles. The topological polar surface area (TPSA) is 59.6 Å². The Labute approximate surface area is 102 Å². The molecule has 1 amide bonds. The highest BCUT2D eigenvalue weighted by Crippen LogP contribution is 2.21. The normalized spacial score (nSPS) is 32.4. The van der Waals surface area contributed by atoms with E-state index in [-0.39, 0.29) is 17.9 Å². The Morgan fingerprint density at radius 1 is 1.53 bits per heavy atom. The number of ether oxygens (including phenoxy) is 2. The van der Waals surface area contributed by atoms with Crippen LogP contribution < -0.4 is 10.6 Å². The average molecular weight is 242 g/mol. The molecule has 5 nitrogen and oxygen atoms in total. The van der Waals surface area contributed by atoms with Gasteiger partial charge in [0.1, 0.15) is 6.10 Å². The average Bonchev–Trinajstić information content (AvgIpc) is 2.67. The zero-order chi connectivity index (χ0) is 12.3. The van der Waals surface area contributed by atoms with E-state index < -0.39 is 5.79 Å². The van der Waals surface area contributed by atoms with Crippen molar-refractivity contribution in [3.63, 3.8) is 0 Å². The van der Waals surface area contributed by atoms with Gasteiger partial charge in [-0.2, -0.15) is 0 Å². The zero-order valence-corrected chi connectivity index (χ0v) is 10.6. The van der Waals surface area contributed by atoms with Gasteiger partial charge in [0.15, 0.2) is 5.79 Å². The van der Waals surface area contributed by atoms with Gasteiger partial charge in [0.05, 0.1) is 12.5 Å². The van der Waals surface area contributed by atoms with Crippen LogP contribution in [0.1, 0.15) is 26.7 Å². The van der Waals surface area contributed by atoms with Gasteiger partial charge in [-0.05, 0) is 33.2 Å². The number of nitrogens with one attached hydrogen (secondary N) is 2. The summed E-state index contributed by atoms with van der Waals surface area (Å²) in [5.74, 6) is -0.272. The fourth-order valence-electron chi connectivity index (χ4n) is 2.30. The van der Waals surface area contributed by atoms with E-state index in [4.69, 9.17) is 9.47 Å². The summed E-state index contributed by atoms with van der Waals surface area (Å²) in [6, 6.07) is 0. The summed E-state index contributed by atoms with van der Waals surface area (Å²) < 4.78 is 11.1. The van der Waals surface area contributed by atoms with Crippen LogP contribution in [-0.2, 0) is 14.3 Å². The van der Waals surface area contributed by atoms with E-state index >= 15 is 0 Å². The molecular weight excluding hydrogens is 220 g/mol. The van der Waals surface area contributed by atoms with Crippen molar-refractivity contribution in [2.24, 2.45) is 5.92 Å². The summed E-state index contributed by atoms with van der Waals surface area (Å²) in [5, 5.41) is 6.19. The first-order valence-electron chi connectivity index (χ1n) is 6.37. The number of piperidine rings is 1. The molecule has 2 aliphatic rings. The minimum absolute atomic E-state index is 0.0227. The van der Waals surface area contributed by atoms with Gasteiger partial charge in [-0.25, -0.2) is 0 Å². The van der Waals surface area contributed by atoms with E-state index in [1.807, 2.05) is 13.8 Å². The summed E-state index contributed by atoms with van der Waals surface area (Å²) in [6.07, 6.45) is 2.03. The van der Waals surface area contributed by atoms with Crippen molar-refractivity contribution in [2.75, 3.05) is 26.2 Å². The third-order valence-electron chi connectivity index (χ3n) is 3.24. The van der Waals surface area contributed by atoms with Crippen LogP contribution in [0.2, 0.25) is 0 Å². The van der Waals surface area contributed by atoms with Crippen LogP contribution in [0.3, 0.4) is 0 Å². The van der Waals surface area contributed by atoms with Gasteiger partial charge in [-0.15, -0.1) is 0 Å². The van der Waals surface area contributed by atoms with Crippen LogP contribution in [0.25, 0.3) is 0 Å². The maximum absolute atomic E-state index is 11.9. The third kappa shape index (κ3) is 3.66. The fraction of sp³-hybridized carbons (Fsp3) is 0.917. The molecule has 0 aromatic heterocycles. The van der Waals surface area contributed by atoms with Gasteiger partial charge in [-0.3, -0.25) is 4.79 Å². The first kappa shape index (κ1) is 12.8. The highest BCUT2D eigenvalue weighted by Gasteiger charge is 2.33. The van der Waals surface area contributed by atoms with E-state index in [1.54, 1.807) is 0 Å². The molecule has 1 unspecified atom stereocenters. The molecule has 98 valence electrons. The summed E-state index contributed by atoms with van der Waals surface area (Å²) in [5.41, 5.74) is 0. The van der Waals surface area contributed by atoms with Crippen LogP contribution in [-0.4, -0.2) is 44.0 Å². The van der Waals surface area contributed by atoms with Gasteiger partial charge in [0.25, 0.3) is 0 Å². The van der Waals surface area contributed by atoms with Gasteiger partial charge >= 0.3 is 0 Å². The Morgan fingerprint density at radius 2 is 2.35 bits per heavy atom. The van der Waals surface area contributed by atoms with Crippen molar-refractivity contribution in [3.05, 3.63) is 0 Å². The molecule has 0 aromatic carbocycles. The van der Waals surface area contributed by atoms with Crippen molar-refractivity contribution in [1.82, 2.24) is 10.6 Å². The molecule has 2 N–H and O–H groups in total. The standard InChI is InChI=1S/C12H22N2O3/c1-12(2)16-8-10(17-12)7-14-11(15)9-4-3-5-13-6-9/h9-10,13H,3-8H2,1-2H3,(H,14,15)/t9-,10?/m1/s1. The largest absolute Gasteiger partial charge is 0.353 e. The molecule has 0 aromatic rings. The number of hydrogen-bond acceptors (Lipinski definition) is 4. The van der Waals surface area contributed by atoms with E-state index in [9.17, 15) is 4.79 Å². The van der Waals surface area contributed by atoms with E-state index in [2.05, 4.69) is 10.6 Å². The zero-order valence-electron chi connectivity index (χ0n) is 10.6. The number of amides is 1. The van der Waals surface area contributed by atoms with Crippen molar-refractivity contribution in [1.29, 1.82) is 0 Å². The molecule has 2 saturated heterocycles. The summed E-state index contributed by atoms with van der Waals surface area (Å²) in [4.78, 5) is 11.9. The summed E-state index contributed by atoms with van der Waals surface area (Å²) >= 11 is 0. The fourth-order valence-corrected chi connectivity index (χ4v) is 2.30. The monoisotopic (exact) mass is 242 g/mol. The van der Waals surface area contributed by atoms with Crippen molar-refractivity contribution in [3.8, 4) is 0 Å². The molecule has 17 heavy (non-hydrogen) atoms. The number of carbonyl (C=O) groups excluding carboxylic acids is 1. The molecule has 0 saturated carbocycles. The molecule has 5 heteroatoms. The van der Waals surface area contributed by atoms with Crippen LogP contribution >= 0.6 is 0 Å². The molecule has 2 fully saturated rings. The minimum atomic E-state index is -0.512. The molecule has 2 rings (SSSR count). The maximum atomic E-state index is 11.9. The quantitative estimate of drug-likeness (QED) is 0.745. The van der Waals surface area contributed by atoms with Crippen LogP contribution in [0.4, 0.5) is 0 Å². The third-order valence-corrected chi connectivity index (χ3v) is 3.24. The second kappa shape index (κ2) is 5.33. The molecule has 2 aliphatic heterocycles. The predicted octanol–water partition coefficient (Wildman–Crippen LogP) is 0.254. The first-order chi connectivity index (χ1) is 8.07. The smallest absolute Gasteiger partial charge is 0.224 e. The van der Waals surface area contributed by atoms with E-state index in [1.165, 1.54) is 0 Å². The lowest BCUT2D eigenvalue weighted by Crippen LogP contribution is -2.43. The van der Waals surface area contributed by atoms with Gasteiger partial charge in [-0.1, -0.05) is 0 Å². The Morgan fingerprint density at radius 3 is 2.94 bits per heavy atom. The predicted molar refractivity (Wildman–Crippen MR) is 63.5 cm³/mol. The SMILES string of the molecule is CC1(C)OCC(CNC(=O)[C@@H]2CCCNC2)O1. The van der Waals surface area contributed by atoms with Crippen LogP contribution in [0, 0.1) is 5.92 Å². The van der Waals surface area contributed by atoms with Crippen molar-refractivity contribution >= 4 is 5.91 Å². The highest BCUT2D eigenvalue weighted by atomic mass is 16.7. The lowest BCUT2D eigenvalue weighted by molar-refractivity contribution is -0.140. The van der Waals surface area contributed by atoms with Crippen molar-refractivity contribution in [2.45, 2.75) is 38.6 Å². The number of hydrogen-bond donors (Lipinski definition) is 2. The molecule has 2 atom stereocenters. The summed E-state index contributed by atoms with van der Waals surface area (Å²) in [6.45, 7) is 6.69. The Balaban J connectivity index is 1.69. The number of carbonyl (C=O) groups is 1. The summed E-state index contributed by atoms with van der Waals surface area (Å²) in [7, 11) is 0. The van der Waals surface area contributed by atoms with Crippen LogP contribution in [0.15, 0.2) is 0 Å². The molecular formula is C12H22N2O3. The van der Waals surface area contributed by atoms with Gasteiger partial charge in [0.2, 0.25) is 5.91 Å². The van der Waals surface area contributed by atoms with Gasteiger partial charge < -0.3 is 20.1 Å². The van der Waals surface area contributed by atoms with Gasteiger partial charge in [0, 0.05) is 13.1 Å². The molecule has 0 bridgehead atoms. The van der Waals surface area contributed by atoms with Crippen LogP contribution in [0.5, 0.6) is 0 Å². The maximum Gasteiger partial charge on any atom is 0.224 e. The molecule has 0 spiro atoms. The number of rotatable bonds is 3. The Bertz CT molecular complexity index is 275. The lowest BCUT2D eigenvalue weighted by Gasteiger charge is -2.23. The Kier molecular flexibility index (Phi) is 4.01. The molecule has 0 aliphatic carbocycles. The first-order valence-corrected chi connectivity index (χ1v) is 6.37. The van der Waals surface area contributed by atoms with Crippen molar-refractivity contribution < 1.29 is 14.3 Å². The second-order valence-electron chi connectivity index (χ2n) is 5.24. The van der Waals surface area contributed by atoms with E-state index in [0.717, 1.165) is 25.9 Å². The highest BCUT2D eigenvalue weighted by molar-refractivity contribution is 5.78. The Hall–Kier alpha value is -0.650. The minimum Gasteiger partial charge on any atom is -0.353 e. The van der Waals surface area contributed by atoms with E-state index in [0.29, 0.717) is 13.2 Å². The lowest BCUT2D eigenvalue weighted by atomic mass is 9.99. The molecule has 0 radical (unpaired) electrons. The second-order valence-corrected chi connectivity index (χ2v) is 5.24.